The van der Waals surface area contributed by atoms with Gasteiger partial charge in [0.2, 0.25) is 11.8 Å². The maximum absolute atomic E-state index is 5.29. The minimum atomic E-state index is 0.498. The highest BCUT2D eigenvalue weighted by Gasteiger charge is 2.20. The van der Waals surface area contributed by atoms with Crippen molar-refractivity contribution in [1.29, 1.82) is 0 Å². The molecule has 0 bridgehead atoms. The van der Waals surface area contributed by atoms with Crippen molar-refractivity contribution in [2.75, 3.05) is 33.9 Å². The molecule has 1 aromatic rings. The molecule has 1 fully saturated rings. The summed E-state index contributed by atoms with van der Waals surface area (Å²) in [4.78, 5) is 10.7. The van der Waals surface area contributed by atoms with Gasteiger partial charge in [-0.05, 0) is 25.9 Å². The van der Waals surface area contributed by atoms with Gasteiger partial charge in [0.1, 0.15) is 6.33 Å². The van der Waals surface area contributed by atoms with Crippen molar-refractivity contribution in [2.24, 2.45) is 0 Å². The molecule has 1 unspecified atom stereocenters. The van der Waals surface area contributed by atoms with Crippen molar-refractivity contribution >= 4 is 0 Å². The molecule has 6 heteroatoms. The third kappa shape index (κ3) is 3.58. The first kappa shape index (κ1) is 15.0. The Bertz CT molecular complexity index is 405. The zero-order valence-corrected chi connectivity index (χ0v) is 12.6. The summed E-state index contributed by atoms with van der Waals surface area (Å²) in [6, 6.07) is 0.498. The molecule has 2 rings (SSSR count). The number of hydrogen-bond acceptors (Lipinski definition) is 6. The van der Waals surface area contributed by atoms with E-state index in [1.807, 2.05) is 0 Å². The number of aromatic nitrogens is 2. The van der Waals surface area contributed by atoms with Crippen LogP contribution in [0, 0.1) is 0 Å². The first-order valence-electron chi connectivity index (χ1n) is 7.16. The van der Waals surface area contributed by atoms with Gasteiger partial charge in [-0.1, -0.05) is 6.92 Å². The predicted molar refractivity (Wildman–Crippen MR) is 77.1 cm³/mol. The highest BCUT2D eigenvalue weighted by atomic mass is 16.5. The number of nitrogens with one attached hydrogen (secondary N) is 1. The maximum Gasteiger partial charge on any atom is 0.224 e. The largest absolute Gasteiger partial charge is 0.481 e. The summed E-state index contributed by atoms with van der Waals surface area (Å²) < 4.78 is 10.6. The second-order valence-corrected chi connectivity index (χ2v) is 4.98. The molecule has 1 saturated heterocycles. The molecule has 0 radical (unpaired) electrons. The first-order valence-corrected chi connectivity index (χ1v) is 7.16. The quantitative estimate of drug-likeness (QED) is 0.841. The Morgan fingerprint density at radius 3 is 2.60 bits per heavy atom. The van der Waals surface area contributed by atoms with E-state index in [2.05, 4.69) is 27.1 Å². The van der Waals surface area contributed by atoms with Crippen LogP contribution in [0.5, 0.6) is 11.8 Å². The molecular formula is C14H24N4O2. The van der Waals surface area contributed by atoms with E-state index in [0.29, 0.717) is 24.3 Å². The van der Waals surface area contributed by atoms with Crippen molar-refractivity contribution in [2.45, 2.75) is 32.4 Å². The summed E-state index contributed by atoms with van der Waals surface area (Å²) in [7, 11) is 3.23. The SMILES string of the molecule is CCN1CCCC(NCc2c(OC)ncnc2OC)C1. The van der Waals surface area contributed by atoms with E-state index >= 15 is 0 Å². The Morgan fingerprint density at radius 2 is 2.00 bits per heavy atom. The number of methoxy groups -OCH3 is 2. The number of nitrogens with zero attached hydrogens (tertiary/aromatic N) is 3. The number of likely N-dealkylation sites (tertiary alicyclic amines) is 1. The molecule has 1 aliphatic heterocycles. The van der Waals surface area contributed by atoms with Crippen LogP contribution in [0.2, 0.25) is 0 Å². The molecule has 0 amide bonds. The molecular weight excluding hydrogens is 256 g/mol. The van der Waals surface area contributed by atoms with Crippen molar-refractivity contribution in [3.63, 3.8) is 0 Å². The molecule has 0 aliphatic carbocycles. The van der Waals surface area contributed by atoms with Gasteiger partial charge in [-0.3, -0.25) is 0 Å². The van der Waals surface area contributed by atoms with Gasteiger partial charge < -0.3 is 19.7 Å². The topological polar surface area (TPSA) is 59.5 Å². The highest BCUT2D eigenvalue weighted by molar-refractivity contribution is 5.34. The molecule has 6 nitrogen and oxygen atoms in total. The van der Waals surface area contributed by atoms with E-state index in [1.54, 1.807) is 14.2 Å². The van der Waals surface area contributed by atoms with Gasteiger partial charge in [0.25, 0.3) is 0 Å². The van der Waals surface area contributed by atoms with Crippen molar-refractivity contribution in [3.05, 3.63) is 11.9 Å². The van der Waals surface area contributed by atoms with Crippen LogP contribution in [-0.4, -0.2) is 54.8 Å². The van der Waals surface area contributed by atoms with Crippen LogP contribution in [0.1, 0.15) is 25.3 Å². The van der Waals surface area contributed by atoms with Crippen LogP contribution in [0.15, 0.2) is 6.33 Å². The van der Waals surface area contributed by atoms with E-state index in [4.69, 9.17) is 9.47 Å². The fourth-order valence-corrected chi connectivity index (χ4v) is 2.64. The fourth-order valence-electron chi connectivity index (χ4n) is 2.64. The third-order valence-electron chi connectivity index (χ3n) is 3.77. The van der Waals surface area contributed by atoms with Crippen LogP contribution in [0.25, 0.3) is 0 Å². The van der Waals surface area contributed by atoms with E-state index < -0.39 is 0 Å². The van der Waals surface area contributed by atoms with E-state index in [0.717, 1.165) is 18.7 Å². The van der Waals surface area contributed by atoms with Crippen molar-refractivity contribution in [1.82, 2.24) is 20.2 Å². The second kappa shape index (κ2) is 7.40. The summed E-state index contributed by atoms with van der Waals surface area (Å²) in [5, 5.41) is 3.57. The number of ether oxygens (including phenoxy) is 2. The molecule has 0 spiro atoms. The maximum atomic E-state index is 5.29. The Hall–Kier alpha value is -1.40. The van der Waals surface area contributed by atoms with Crippen LogP contribution in [-0.2, 0) is 6.54 Å². The van der Waals surface area contributed by atoms with Gasteiger partial charge in [-0.15, -0.1) is 0 Å². The van der Waals surface area contributed by atoms with E-state index in [1.165, 1.54) is 25.7 Å². The Balaban J connectivity index is 1.99. The lowest BCUT2D eigenvalue weighted by Crippen LogP contribution is -2.45. The van der Waals surface area contributed by atoms with Gasteiger partial charge in [0.15, 0.2) is 0 Å². The normalized spacial score (nSPS) is 19.9. The Kier molecular flexibility index (Phi) is 5.55. The molecule has 1 aliphatic rings. The van der Waals surface area contributed by atoms with Crippen LogP contribution in [0.4, 0.5) is 0 Å². The average Bonchev–Trinajstić information content (AvgIpc) is 2.52. The molecule has 1 N–H and O–H groups in total. The summed E-state index contributed by atoms with van der Waals surface area (Å²) >= 11 is 0. The number of rotatable bonds is 6. The minimum absolute atomic E-state index is 0.498. The van der Waals surface area contributed by atoms with Crippen molar-refractivity contribution < 1.29 is 9.47 Å². The summed E-state index contributed by atoms with van der Waals surface area (Å²) in [6.07, 6.45) is 3.90. The Labute approximate surface area is 120 Å². The zero-order chi connectivity index (χ0) is 14.4. The standard InChI is InChI=1S/C14H24N4O2/c1-4-18-7-5-6-11(9-18)15-8-12-13(19-2)16-10-17-14(12)20-3/h10-11,15H,4-9H2,1-3H3. The fraction of sp³-hybridized carbons (Fsp3) is 0.714. The average molecular weight is 280 g/mol. The van der Waals surface area contributed by atoms with Gasteiger partial charge >= 0.3 is 0 Å². The minimum Gasteiger partial charge on any atom is -0.481 e. The summed E-state index contributed by atoms with van der Waals surface area (Å²) in [5.74, 6) is 1.15. The van der Waals surface area contributed by atoms with Gasteiger partial charge in [0, 0.05) is 19.1 Å². The third-order valence-corrected chi connectivity index (χ3v) is 3.77. The van der Waals surface area contributed by atoms with Crippen LogP contribution < -0.4 is 14.8 Å². The lowest BCUT2D eigenvalue weighted by atomic mass is 10.1. The second-order valence-electron chi connectivity index (χ2n) is 4.98. The molecule has 20 heavy (non-hydrogen) atoms. The molecule has 0 aromatic carbocycles. The van der Waals surface area contributed by atoms with Crippen molar-refractivity contribution in [3.8, 4) is 11.8 Å². The van der Waals surface area contributed by atoms with E-state index in [9.17, 15) is 0 Å². The monoisotopic (exact) mass is 280 g/mol. The lowest BCUT2D eigenvalue weighted by molar-refractivity contribution is 0.197. The lowest BCUT2D eigenvalue weighted by Gasteiger charge is -2.32. The van der Waals surface area contributed by atoms with Gasteiger partial charge in [-0.25, -0.2) is 9.97 Å². The highest BCUT2D eigenvalue weighted by Crippen LogP contribution is 2.23. The van der Waals surface area contributed by atoms with Gasteiger partial charge in [-0.2, -0.15) is 0 Å². The smallest absolute Gasteiger partial charge is 0.224 e. The van der Waals surface area contributed by atoms with Crippen LogP contribution >= 0.6 is 0 Å². The molecule has 112 valence electrons. The number of hydrogen-bond donors (Lipinski definition) is 1. The molecule has 1 atom stereocenters. The summed E-state index contributed by atoms with van der Waals surface area (Å²) in [6.45, 7) is 6.28. The molecule has 1 aromatic heterocycles. The number of piperidine rings is 1. The van der Waals surface area contributed by atoms with Crippen LogP contribution in [0.3, 0.4) is 0 Å². The Morgan fingerprint density at radius 1 is 1.30 bits per heavy atom. The number of likely N-dealkylation sites (N-methyl/N-ethyl adjacent to an activating group) is 1. The molecule has 0 saturated carbocycles. The predicted octanol–water partition coefficient (Wildman–Crippen LogP) is 1.07. The molecule has 2 heterocycles. The van der Waals surface area contributed by atoms with Gasteiger partial charge in [0.05, 0.1) is 19.8 Å². The van der Waals surface area contributed by atoms with E-state index in [-0.39, 0.29) is 0 Å². The summed E-state index contributed by atoms with van der Waals surface area (Å²) in [5.41, 5.74) is 0.881. The first-order chi connectivity index (χ1) is 9.78. The zero-order valence-electron chi connectivity index (χ0n) is 12.6.